The van der Waals surface area contributed by atoms with Crippen LogP contribution in [-0.4, -0.2) is 33.8 Å². The molecule has 1 fully saturated rings. The summed E-state index contributed by atoms with van der Waals surface area (Å²) in [6.07, 6.45) is 5.62. The van der Waals surface area contributed by atoms with Gasteiger partial charge in [0.1, 0.15) is 12.1 Å². The van der Waals surface area contributed by atoms with Gasteiger partial charge in [0.05, 0.1) is 6.04 Å². The summed E-state index contributed by atoms with van der Waals surface area (Å²) in [6, 6.07) is 2.84. The van der Waals surface area contributed by atoms with Crippen LogP contribution in [0.25, 0.3) is 0 Å². The van der Waals surface area contributed by atoms with Crippen LogP contribution in [-0.2, 0) is 9.59 Å². The second kappa shape index (κ2) is 6.70. The molecule has 1 saturated heterocycles. The fourth-order valence-corrected chi connectivity index (χ4v) is 2.90. The number of nitrogens with zero attached hydrogens (tertiary/aromatic N) is 2. The first-order valence-corrected chi connectivity index (χ1v) is 7.62. The van der Waals surface area contributed by atoms with E-state index in [0.717, 1.165) is 12.0 Å². The monoisotopic (exact) mass is 289 g/mol. The van der Waals surface area contributed by atoms with Crippen LogP contribution in [0.2, 0.25) is 0 Å². The third kappa shape index (κ3) is 3.06. The molecule has 1 aromatic heterocycles. The maximum atomic E-state index is 12.7. The van der Waals surface area contributed by atoms with Gasteiger partial charge in [0.15, 0.2) is 0 Å². The van der Waals surface area contributed by atoms with Gasteiger partial charge in [-0.05, 0) is 31.4 Å². The van der Waals surface area contributed by atoms with E-state index in [1.807, 2.05) is 32.9 Å². The summed E-state index contributed by atoms with van der Waals surface area (Å²) in [5, 5.41) is 2.86. The molecule has 0 aliphatic carbocycles. The van der Waals surface area contributed by atoms with Gasteiger partial charge in [0.2, 0.25) is 11.8 Å². The zero-order valence-corrected chi connectivity index (χ0v) is 12.9. The van der Waals surface area contributed by atoms with E-state index >= 15 is 0 Å². The molecule has 1 aliphatic heterocycles. The fraction of sp³-hybridized carbons (Fsp3) is 0.562. The minimum atomic E-state index is -0.402. The third-order valence-electron chi connectivity index (χ3n) is 4.06. The summed E-state index contributed by atoms with van der Waals surface area (Å²) in [6.45, 7) is 5.90. The molecule has 1 N–H and O–H groups in total. The van der Waals surface area contributed by atoms with E-state index in [9.17, 15) is 9.59 Å². The smallest absolute Gasteiger partial charge is 0.246 e. The zero-order chi connectivity index (χ0) is 15.4. The van der Waals surface area contributed by atoms with E-state index in [-0.39, 0.29) is 17.9 Å². The number of pyridine rings is 1. The first kappa shape index (κ1) is 15.5. The second-order valence-corrected chi connectivity index (χ2v) is 5.48. The fourth-order valence-electron chi connectivity index (χ4n) is 2.90. The van der Waals surface area contributed by atoms with Gasteiger partial charge in [-0.15, -0.1) is 0 Å². The van der Waals surface area contributed by atoms with Crippen molar-refractivity contribution in [3.8, 4) is 0 Å². The molecular formula is C16H23N3O2. The maximum absolute atomic E-state index is 12.7. The quantitative estimate of drug-likeness (QED) is 0.902. The highest BCUT2D eigenvalue weighted by Gasteiger charge is 2.41. The first-order chi connectivity index (χ1) is 10.1. The molecule has 2 rings (SSSR count). The van der Waals surface area contributed by atoms with Gasteiger partial charge >= 0.3 is 0 Å². The summed E-state index contributed by atoms with van der Waals surface area (Å²) < 4.78 is 0. The average Bonchev–Trinajstić information content (AvgIpc) is 2.50. The van der Waals surface area contributed by atoms with E-state index in [2.05, 4.69) is 10.3 Å². The molecule has 0 spiro atoms. The molecule has 2 heterocycles. The standard InChI is InChI=1S/C16H23N3O2/c1-4-7-13-16(21)19(14(5-2)15(20)18-13)11(3)12-8-6-9-17-10-12/h6,8-11,13-14H,4-5,7H2,1-3H3,(H,18,20). The van der Waals surface area contributed by atoms with Crippen LogP contribution in [0.15, 0.2) is 24.5 Å². The summed E-state index contributed by atoms with van der Waals surface area (Å²) in [4.78, 5) is 30.9. The van der Waals surface area contributed by atoms with Gasteiger partial charge in [0, 0.05) is 12.4 Å². The SMILES string of the molecule is CCCC1NC(=O)C(CC)N(C(C)c2cccnc2)C1=O. The molecule has 3 atom stereocenters. The topological polar surface area (TPSA) is 62.3 Å². The lowest BCUT2D eigenvalue weighted by Crippen LogP contribution is -2.63. The minimum Gasteiger partial charge on any atom is -0.343 e. The highest BCUT2D eigenvalue weighted by molar-refractivity contribution is 5.97. The normalized spacial score (nSPS) is 23.9. The highest BCUT2D eigenvalue weighted by atomic mass is 16.2. The number of nitrogens with one attached hydrogen (secondary N) is 1. The Morgan fingerprint density at radius 2 is 2.14 bits per heavy atom. The van der Waals surface area contributed by atoms with Crippen molar-refractivity contribution >= 4 is 11.8 Å². The summed E-state index contributed by atoms with van der Waals surface area (Å²) in [5.74, 6) is -0.0362. The maximum Gasteiger partial charge on any atom is 0.246 e. The van der Waals surface area contributed by atoms with E-state index in [4.69, 9.17) is 0 Å². The molecule has 3 unspecified atom stereocenters. The Morgan fingerprint density at radius 1 is 1.38 bits per heavy atom. The zero-order valence-electron chi connectivity index (χ0n) is 12.9. The molecule has 2 amide bonds. The van der Waals surface area contributed by atoms with Crippen molar-refractivity contribution in [2.45, 2.75) is 58.2 Å². The Balaban J connectivity index is 2.31. The predicted octanol–water partition coefficient (Wildman–Crippen LogP) is 2.05. The molecule has 0 aromatic carbocycles. The van der Waals surface area contributed by atoms with Gasteiger partial charge < -0.3 is 10.2 Å². The van der Waals surface area contributed by atoms with Crippen molar-refractivity contribution in [3.63, 3.8) is 0 Å². The van der Waals surface area contributed by atoms with Crippen molar-refractivity contribution in [2.24, 2.45) is 0 Å². The second-order valence-electron chi connectivity index (χ2n) is 5.48. The van der Waals surface area contributed by atoms with E-state index < -0.39 is 12.1 Å². The van der Waals surface area contributed by atoms with Gasteiger partial charge in [-0.2, -0.15) is 0 Å². The van der Waals surface area contributed by atoms with Crippen molar-refractivity contribution < 1.29 is 9.59 Å². The van der Waals surface area contributed by atoms with Crippen LogP contribution in [0.1, 0.15) is 51.6 Å². The number of carbonyl (C=O) groups excluding carboxylic acids is 2. The lowest BCUT2D eigenvalue weighted by molar-refractivity contribution is -0.152. The Morgan fingerprint density at radius 3 is 2.71 bits per heavy atom. The Bertz CT molecular complexity index is 504. The molecule has 0 radical (unpaired) electrons. The lowest BCUT2D eigenvalue weighted by atomic mass is 9.97. The van der Waals surface area contributed by atoms with Crippen molar-refractivity contribution in [3.05, 3.63) is 30.1 Å². The first-order valence-electron chi connectivity index (χ1n) is 7.62. The van der Waals surface area contributed by atoms with Crippen LogP contribution < -0.4 is 5.32 Å². The van der Waals surface area contributed by atoms with Crippen molar-refractivity contribution in [2.75, 3.05) is 0 Å². The van der Waals surface area contributed by atoms with Crippen LogP contribution in [0.4, 0.5) is 0 Å². The number of rotatable bonds is 5. The Hall–Kier alpha value is -1.91. The number of piperazine rings is 1. The minimum absolute atomic E-state index is 0.0136. The van der Waals surface area contributed by atoms with Gasteiger partial charge in [-0.25, -0.2) is 0 Å². The molecular weight excluding hydrogens is 266 g/mol. The molecule has 0 bridgehead atoms. The van der Waals surface area contributed by atoms with E-state index in [0.29, 0.717) is 12.8 Å². The molecule has 0 saturated carbocycles. The van der Waals surface area contributed by atoms with Crippen molar-refractivity contribution in [1.29, 1.82) is 0 Å². The number of hydrogen-bond acceptors (Lipinski definition) is 3. The van der Waals surface area contributed by atoms with Crippen molar-refractivity contribution in [1.82, 2.24) is 15.2 Å². The van der Waals surface area contributed by atoms with Crippen LogP contribution in [0, 0.1) is 0 Å². The molecule has 5 heteroatoms. The lowest BCUT2D eigenvalue weighted by Gasteiger charge is -2.42. The van der Waals surface area contributed by atoms with E-state index in [1.165, 1.54) is 0 Å². The number of carbonyl (C=O) groups is 2. The molecule has 5 nitrogen and oxygen atoms in total. The number of hydrogen-bond donors (Lipinski definition) is 1. The van der Waals surface area contributed by atoms with Crippen LogP contribution >= 0.6 is 0 Å². The van der Waals surface area contributed by atoms with Gasteiger partial charge in [-0.1, -0.05) is 26.3 Å². The average molecular weight is 289 g/mol. The van der Waals surface area contributed by atoms with E-state index in [1.54, 1.807) is 17.3 Å². The van der Waals surface area contributed by atoms with Crippen LogP contribution in [0.3, 0.4) is 0 Å². The van der Waals surface area contributed by atoms with Crippen LogP contribution in [0.5, 0.6) is 0 Å². The molecule has 21 heavy (non-hydrogen) atoms. The summed E-state index contributed by atoms with van der Waals surface area (Å²) in [5.41, 5.74) is 0.953. The molecule has 114 valence electrons. The summed E-state index contributed by atoms with van der Waals surface area (Å²) >= 11 is 0. The number of aromatic nitrogens is 1. The molecule has 1 aromatic rings. The largest absolute Gasteiger partial charge is 0.343 e. The number of amides is 2. The molecule has 1 aliphatic rings. The van der Waals surface area contributed by atoms with Gasteiger partial charge in [-0.3, -0.25) is 14.6 Å². The Labute approximate surface area is 125 Å². The highest BCUT2D eigenvalue weighted by Crippen LogP contribution is 2.27. The van der Waals surface area contributed by atoms with Gasteiger partial charge in [0.25, 0.3) is 0 Å². The Kier molecular flexibility index (Phi) is 4.94. The summed E-state index contributed by atoms with van der Waals surface area (Å²) in [7, 11) is 0. The third-order valence-corrected chi connectivity index (χ3v) is 4.06. The predicted molar refractivity (Wildman–Crippen MR) is 80.4 cm³/mol.